The van der Waals surface area contributed by atoms with Crippen LogP contribution in [0.25, 0.3) is 0 Å². The van der Waals surface area contributed by atoms with Gasteiger partial charge in [0.1, 0.15) is 11.6 Å². The highest BCUT2D eigenvalue weighted by atomic mass is 35.5. The molecule has 0 aromatic carbocycles. The van der Waals surface area contributed by atoms with Crippen LogP contribution < -0.4 is 10.6 Å². The normalized spacial score (nSPS) is 25.0. The summed E-state index contributed by atoms with van der Waals surface area (Å²) < 4.78 is 0. The summed E-state index contributed by atoms with van der Waals surface area (Å²) >= 11 is 12.0. The first-order chi connectivity index (χ1) is 8.39. The van der Waals surface area contributed by atoms with Crippen molar-refractivity contribution in [2.75, 3.05) is 23.7 Å². The number of anilines is 2. The fourth-order valence-electron chi connectivity index (χ4n) is 2.17. The summed E-state index contributed by atoms with van der Waals surface area (Å²) in [6.07, 6.45) is 2.37. The maximum absolute atomic E-state index is 10.1. The van der Waals surface area contributed by atoms with Crippen LogP contribution >= 0.6 is 23.2 Å². The van der Waals surface area contributed by atoms with Crippen LogP contribution in [0.3, 0.4) is 0 Å². The average molecular weight is 290 g/mol. The second-order valence-electron chi connectivity index (χ2n) is 5.00. The number of hydrogen-bond acceptors (Lipinski definition) is 4. The van der Waals surface area contributed by atoms with E-state index in [-0.39, 0.29) is 5.82 Å². The molecule has 1 saturated heterocycles. The van der Waals surface area contributed by atoms with Crippen LogP contribution in [0.4, 0.5) is 11.6 Å². The standard InChI is InChI=1S/C12H17Cl2N3O/c1-12(18)3-2-5-17(6-4-12)11-9(14)7-8(13)10(15)16-11/h7,18H,2-6H2,1H3,(H2,15,16). The Morgan fingerprint density at radius 2 is 2.06 bits per heavy atom. The summed E-state index contributed by atoms with van der Waals surface area (Å²) in [4.78, 5) is 6.30. The number of nitrogens with zero attached hydrogens (tertiary/aromatic N) is 2. The molecule has 2 rings (SSSR count). The fraction of sp³-hybridized carbons (Fsp3) is 0.583. The van der Waals surface area contributed by atoms with Gasteiger partial charge in [-0.3, -0.25) is 0 Å². The van der Waals surface area contributed by atoms with Crippen molar-refractivity contribution in [3.63, 3.8) is 0 Å². The monoisotopic (exact) mass is 289 g/mol. The second-order valence-corrected chi connectivity index (χ2v) is 5.81. The van der Waals surface area contributed by atoms with Crippen molar-refractivity contribution in [3.05, 3.63) is 16.1 Å². The van der Waals surface area contributed by atoms with Gasteiger partial charge in [-0.25, -0.2) is 4.98 Å². The summed E-state index contributed by atoms with van der Waals surface area (Å²) in [6, 6.07) is 1.61. The predicted molar refractivity (Wildman–Crippen MR) is 75.4 cm³/mol. The van der Waals surface area contributed by atoms with E-state index in [0.717, 1.165) is 19.4 Å². The van der Waals surface area contributed by atoms with Gasteiger partial charge >= 0.3 is 0 Å². The van der Waals surface area contributed by atoms with Crippen LogP contribution in [0, 0.1) is 0 Å². The van der Waals surface area contributed by atoms with Gasteiger partial charge in [0.05, 0.1) is 15.6 Å². The van der Waals surface area contributed by atoms with E-state index < -0.39 is 5.60 Å². The SMILES string of the molecule is CC1(O)CCCN(c2nc(N)c(Cl)cc2Cl)CC1. The lowest BCUT2D eigenvalue weighted by Gasteiger charge is -2.24. The Kier molecular flexibility index (Phi) is 3.90. The third-order valence-electron chi connectivity index (χ3n) is 3.30. The van der Waals surface area contributed by atoms with Gasteiger partial charge in [0, 0.05) is 13.1 Å². The van der Waals surface area contributed by atoms with Gasteiger partial charge in [-0.1, -0.05) is 23.2 Å². The maximum atomic E-state index is 10.1. The zero-order valence-corrected chi connectivity index (χ0v) is 11.8. The van der Waals surface area contributed by atoms with Gasteiger partial charge in [-0.05, 0) is 32.3 Å². The van der Waals surface area contributed by atoms with E-state index in [9.17, 15) is 5.11 Å². The Morgan fingerprint density at radius 3 is 2.78 bits per heavy atom. The molecule has 100 valence electrons. The number of rotatable bonds is 1. The molecule has 1 aliphatic rings. The predicted octanol–water partition coefficient (Wildman–Crippen LogP) is 2.71. The molecule has 6 heteroatoms. The average Bonchev–Trinajstić information content (AvgIpc) is 2.45. The van der Waals surface area contributed by atoms with E-state index in [4.69, 9.17) is 28.9 Å². The number of halogens is 2. The molecule has 0 saturated carbocycles. The molecule has 1 atom stereocenters. The van der Waals surface area contributed by atoms with Crippen molar-refractivity contribution < 1.29 is 5.11 Å². The fourth-order valence-corrected chi connectivity index (χ4v) is 2.65. The van der Waals surface area contributed by atoms with Crippen molar-refractivity contribution in [2.24, 2.45) is 0 Å². The largest absolute Gasteiger partial charge is 0.390 e. The van der Waals surface area contributed by atoms with Gasteiger partial charge in [-0.15, -0.1) is 0 Å². The zero-order valence-electron chi connectivity index (χ0n) is 10.3. The van der Waals surface area contributed by atoms with Crippen LogP contribution in [0.5, 0.6) is 0 Å². The highest BCUT2D eigenvalue weighted by Crippen LogP contribution is 2.32. The molecule has 0 radical (unpaired) electrons. The molecule has 0 bridgehead atoms. The molecule has 4 nitrogen and oxygen atoms in total. The Labute approximate surface area is 117 Å². The lowest BCUT2D eigenvalue weighted by molar-refractivity contribution is 0.0481. The van der Waals surface area contributed by atoms with Gasteiger partial charge in [0.15, 0.2) is 0 Å². The number of aromatic nitrogens is 1. The van der Waals surface area contributed by atoms with Crippen molar-refractivity contribution in [3.8, 4) is 0 Å². The van der Waals surface area contributed by atoms with E-state index >= 15 is 0 Å². The quantitative estimate of drug-likeness (QED) is 0.834. The van der Waals surface area contributed by atoms with Crippen molar-refractivity contribution >= 4 is 34.8 Å². The molecular formula is C12H17Cl2N3O. The highest BCUT2D eigenvalue weighted by molar-refractivity contribution is 6.37. The van der Waals surface area contributed by atoms with Crippen molar-refractivity contribution in [2.45, 2.75) is 31.8 Å². The second kappa shape index (κ2) is 5.11. The Morgan fingerprint density at radius 1 is 1.33 bits per heavy atom. The molecule has 18 heavy (non-hydrogen) atoms. The third kappa shape index (κ3) is 2.99. The number of aliphatic hydroxyl groups is 1. The minimum absolute atomic E-state index is 0.284. The van der Waals surface area contributed by atoms with Gasteiger partial charge < -0.3 is 15.7 Å². The molecule has 1 unspecified atom stereocenters. The number of hydrogen-bond donors (Lipinski definition) is 2. The minimum Gasteiger partial charge on any atom is -0.390 e. The first-order valence-corrected chi connectivity index (χ1v) is 6.73. The molecule has 0 aliphatic carbocycles. The van der Waals surface area contributed by atoms with E-state index in [1.54, 1.807) is 6.07 Å². The lowest BCUT2D eigenvalue weighted by Crippen LogP contribution is -2.29. The van der Waals surface area contributed by atoms with Crippen LogP contribution in [0.1, 0.15) is 26.2 Å². The summed E-state index contributed by atoms with van der Waals surface area (Å²) in [7, 11) is 0. The van der Waals surface area contributed by atoms with Crippen molar-refractivity contribution in [1.82, 2.24) is 4.98 Å². The smallest absolute Gasteiger partial charge is 0.149 e. The molecule has 3 N–H and O–H groups in total. The lowest BCUT2D eigenvalue weighted by atomic mass is 9.98. The summed E-state index contributed by atoms with van der Waals surface area (Å²) in [5.41, 5.74) is 5.10. The van der Waals surface area contributed by atoms with Gasteiger partial charge in [0.2, 0.25) is 0 Å². The number of nitrogen functional groups attached to an aromatic ring is 1. The highest BCUT2D eigenvalue weighted by Gasteiger charge is 2.26. The molecule has 2 heterocycles. The summed E-state index contributed by atoms with van der Waals surface area (Å²) in [5, 5.41) is 10.9. The van der Waals surface area contributed by atoms with Crippen LogP contribution in [0.2, 0.25) is 10.0 Å². The van der Waals surface area contributed by atoms with Gasteiger partial charge in [0.25, 0.3) is 0 Å². The number of nitrogens with two attached hydrogens (primary N) is 1. The van der Waals surface area contributed by atoms with Crippen LogP contribution in [-0.2, 0) is 0 Å². The van der Waals surface area contributed by atoms with Crippen LogP contribution in [0.15, 0.2) is 6.07 Å². The van der Waals surface area contributed by atoms with E-state index in [1.807, 2.05) is 6.92 Å². The summed E-state index contributed by atoms with van der Waals surface area (Å²) in [6.45, 7) is 3.38. The Hall–Kier alpha value is -0.710. The molecule has 1 aliphatic heterocycles. The molecule has 0 amide bonds. The first kappa shape index (κ1) is 13.7. The topological polar surface area (TPSA) is 62.4 Å². The maximum Gasteiger partial charge on any atom is 0.149 e. The molecule has 1 aromatic rings. The van der Waals surface area contributed by atoms with Crippen molar-refractivity contribution in [1.29, 1.82) is 0 Å². The Bertz CT molecular complexity index is 451. The Balaban J connectivity index is 2.24. The summed E-state index contributed by atoms with van der Waals surface area (Å²) in [5.74, 6) is 0.934. The number of pyridine rings is 1. The minimum atomic E-state index is -0.612. The van der Waals surface area contributed by atoms with E-state index in [0.29, 0.717) is 28.8 Å². The molecule has 0 spiro atoms. The van der Waals surface area contributed by atoms with Crippen LogP contribution in [-0.4, -0.2) is 28.8 Å². The molecule has 1 fully saturated rings. The molecular weight excluding hydrogens is 273 g/mol. The van der Waals surface area contributed by atoms with Gasteiger partial charge in [-0.2, -0.15) is 0 Å². The first-order valence-electron chi connectivity index (χ1n) is 5.98. The third-order valence-corrected chi connectivity index (χ3v) is 3.88. The zero-order chi connectivity index (χ0) is 13.3. The van der Waals surface area contributed by atoms with E-state index in [1.165, 1.54) is 0 Å². The molecule has 1 aromatic heterocycles. The van der Waals surface area contributed by atoms with E-state index in [2.05, 4.69) is 9.88 Å².